The van der Waals surface area contributed by atoms with Gasteiger partial charge in [-0.05, 0) is 12.8 Å². The Hall–Kier alpha value is -0.650. The van der Waals surface area contributed by atoms with E-state index in [-0.39, 0.29) is 17.0 Å². The molecule has 0 radical (unpaired) electrons. The number of H-pyrrole nitrogens is 1. The molecule has 3 N–H and O–H groups in total. The number of aliphatic hydroxyl groups excluding tert-OH is 1. The highest BCUT2D eigenvalue weighted by Crippen LogP contribution is 2.18. The number of aromatic nitrogens is 1. The minimum Gasteiger partial charge on any atom is -0.392 e. The zero-order chi connectivity index (χ0) is 10.7. The predicted octanol–water partition coefficient (Wildman–Crippen LogP) is 0.829. The Labute approximate surface area is 92.3 Å². The average Bonchev–Trinajstić information content (AvgIpc) is 2.63. The van der Waals surface area contributed by atoms with Gasteiger partial charge in [-0.2, -0.15) is 0 Å². The van der Waals surface area contributed by atoms with Gasteiger partial charge in [-0.1, -0.05) is 24.2 Å². The van der Waals surface area contributed by atoms with Crippen molar-refractivity contribution in [3.63, 3.8) is 0 Å². The van der Waals surface area contributed by atoms with E-state index in [0.717, 1.165) is 25.0 Å². The molecule has 2 unspecified atom stereocenters. The lowest BCUT2D eigenvalue weighted by Crippen LogP contribution is -2.41. The van der Waals surface area contributed by atoms with Crippen LogP contribution in [0.5, 0.6) is 0 Å². The van der Waals surface area contributed by atoms with Gasteiger partial charge in [0, 0.05) is 23.7 Å². The van der Waals surface area contributed by atoms with Gasteiger partial charge in [0.2, 0.25) is 0 Å². The molecule has 15 heavy (non-hydrogen) atoms. The van der Waals surface area contributed by atoms with Crippen LogP contribution in [0.25, 0.3) is 0 Å². The summed E-state index contributed by atoms with van der Waals surface area (Å²) >= 11 is 1.18. The summed E-state index contributed by atoms with van der Waals surface area (Å²) in [6.45, 7) is 0.639. The first-order valence-corrected chi connectivity index (χ1v) is 6.22. The number of hydrogen-bond donors (Lipinski definition) is 3. The highest BCUT2D eigenvalue weighted by atomic mass is 32.1. The second-order valence-corrected chi connectivity index (χ2v) is 4.85. The number of thiazole rings is 1. The second kappa shape index (κ2) is 4.92. The summed E-state index contributed by atoms with van der Waals surface area (Å²) < 4.78 is 0. The first kappa shape index (κ1) is 10.9. The highest BCUT2D eigenvalue weighted by molar-refractivity contribution is 7.07. The number of hydrogen-bond acceptors (Lipinski definition) is 4. The molecule has 2 atom stereocenters. The Kier molecular flexibility index (Phi) is 3.56. The summed E-state index contributed by atoms with van der Waals surface area (Å²) in [6.07, 6.45) is 3.97. The number of nitrogens with one attached hydrogen (secondary N) is 2. The molecule has 84 valence electrons. The summed E-state index contributed by atoms with van der Waals surface area (Å²) in [4.78, 5) is 13.6. The van der Waals surface area contributed by atoms with Crippen molar-refractivity contribution in [3.05, 3.63) is 20.7 Å². The maximum atomic E-state index is 10.9. The van der Waals surface area contributed by atoms with Crippen LogP contribution in [0.15, 0.2) is 10.2 Å². The third-order valence-corrected chi connectivity index (χ3v) is 3.57. The van der Waals surface area contributed by atoms with Crippen molar-refractivity contribution in [2.75, 3.05) is 0 Å². The van der Waals surface area contributed by atoms with E-state index in [2.05, 4.69) is 10.3 Å². The number of rotatable bonds is 3. The van der Waals surface area contributed by atoms with Crippen LogP contribution in [-0.2, 0) is 6.54 Å². The van der Waals surface area contributed by atoms with Crippen LogP contribution in [0.1, 0.15) is 31.4 Å². The summed E-state index contributed by atoms with van der Waals surface area (Å²) in [5.41, 5.74) is 0.905. The quantitative estimate of drug-likeness (QED) is 0.718. The molecule has 1 saturated carbocycles. The van der Waals surface area contributed by atoms with Crippen molar-refractivity contribution < 1.29 is 5.11 Å². The van der Waals surface area contributed by atoms with Crippen molar-refractivity contribution in [2.45, 2.75) is 44.4 Å². The Morgan fingerprint density at radius 3 is 3.00 bits per heavy atom. The summed E-state index contributed by atoms with van der Waals surface area (Å²) in [5.74, 6) is 0. The zero-order valence-electron chi connectivity index (χ0n) is 8.53. The molecule has 0 aliphatic heterocycles. The molecule has 0 aromatic carbocycles. The van der Waals surface area contributed by atoms with E-state index in [1.807, 2.05) is 5.38 Å². The van der Waals surface area contributed by atoms with Crippen LogP contribution < -0.4 is 10.2 Å². The number of aliphatic hydroxyl groups is 1. The molecule has 0 saturated heterocycles. The fraction of sp³-hybridized carbons (Fsp3) is 0.700. The normalized spacial score (nSPS) is 26.7. The first-order valence-electron chi connectivity index (χ1n) is 5.34. The molecule has 1 fully saturated rings. The Balaban J connectivity index is 1.84. The largest absolute Gasteiger partial charge is 0.392 e. The molecule has 0 spiro atoms. The maximum absolute atomic E-state index is 10.9. The lowest BCUT2D eigenvalue weighted by molar-refractivity contribution is 0.0901. The van der Waals surface area contributed by atoms with E-state index in [4.69, 9.17) is 0 Å². The molecular formula is C10H16N2O2S. The van der Waals surface area contributed by atoms with E-state index < -0.39 is 0 Å². The van der Waals surface area contributed by atoms with Crippen LogP contribution in [0, 0.1) is 0 Å². The third kappa shape index (κ3) is 2.90. The van der Waals surface area contributed by atoms with Gasteiger partial charge in [0.05, 0.1) is 6.10 Å². The van der Waals surface area contributed by atoms with E-state index >= 15 is 0 Å². The SMILES string of the molecule is O=c1[nH]c(CNC2CCCCC2O)cs1. The van der Waals surface area contributed by atoms with Gasteiger partial charge in [-0.25, -0.2) is 0 Å². The molecule has 0 bridgehead atoms. The lowest BCUT2D eigenvalue weighted by Gasteiger charge is -2.28. The van der Waals surface area contributed by atoms with Crippen molar-refractivity contribution in [3.8, 4) is 0 Å². The smallest absolute Gasteiger partial charge is 0.304 e. The minimum absolute atomic E-state index is 0.0176. The van der Waals surface area contributed by atoms with Crippen LogP contribution in [0.4, 0.5) is 0 Å². The zero-order valence-corrected chi connectivity index (χ0v) is 9.35. The summed E-state index contributed by atoms with van der Waals surface area (Å²) in [5, 5.41) is 14.8. The van der Waals surface area contributed by atoms with E-state index in [1.165, 1.54) is 17.8 Å². The highest BCUT2D eigenvalue weighted by Gasteiger charge is 2.22. The first-order chi connectivity index (χ1) is 7.25. The lowest BCUT2D eigenvalue weighted by atomic mass is 9.92. The maximum Gasteiger partial charge on any atom is 0.304 e. The average molecular weight is 228 g/mol. The van der Waals surface area contributed by atoms with Gasteiger partial charge in [-0.15, -0.1) is 0 Å². The minimum atomic E-state index is -0.232. The van der Waals surface area contributed by atoms with Crippen LogP contribution in [0.2, 0.25) is 0 Å². The summed E-state index contributed by atoms with van der Waals surface area (Å²) in [7, 11) is 0. The molecular weight excluding hydrogens is 212 g/mol. The van der Waals surface area contributed by atoms with Crippen LogP contribution in [0.3, 0.4) is 0 Å². The Morgan fingerprint density at radius 1 is 1.53 bits per heavy atom. The Bertz CT molecular complexity index is 360. The van der Waals surface area contributed by atoms with E-state index in [1.54, 1.807) is 0 Å². The monoisotopic (exact) mass is 228 g/mol. The van der Waals surface area contributed by atoms with Crippen molar-refractivity contribution in [2.24, 2.45) is 0 Å². The molecule has 2 rings (SSSR count). The molecule has 1 aromatic rings. The number of aromatic amines is 1. The van der Waals surface area contributed by atoms with Gasteiger partial charge in [-0.3, -0.25) is 4.79 Å². The molecule has 4 nitrogen and oxygen atoms in total. The van der Waals surface area contributed by atoms with Gasteiger partial charge >= 0.3 is 4.87 Å². The van der Waals surface area contributed by atoms with E-state index in [9.17, 15) is 9.90 Å². The molecule has 1 heterocycles. The van der Waals surface area contributed by atoms with Crippen molar-refractivity contribution >= 4 is 11.3 Å². The second-order valence-electron chi connectivity index (χ2n) is 4.01. The molecule has 5 heteroatoms. The summed E-state index contributed by atoms with van der Waals surface area (Å²) in [6, 6.07) is 0.183. The molecule has 1 aliphatic carbocycles. The van der Waals surface area contributed by atoms with Gasteiger partial charge in [0.1, 0.15) is 0 Å². The van der Waals surface area contributed by atoms with Gasteiger partial charge in [0.25, 0.3) is 0 Å². The fourth-order valence-electron chi connectivity index (χ4n) is 1.99. The van der Waals surface area contributed by atoms with Crippen LogP contribution in [-0.4, -0.2) is 22.2 Å². The van der Waals surface area contributed by atoms with Crippen LogP contribution >= 0.6 is 11.3 Å². The predicted molar refractivity (Wildman–Crippen MR) is 60.0 cm³/mol. The fourth-order valence-corrected chi connectivity index (χ4v) is 2.57. The standard InChI is InChI=1S/C10H16N2O2S/c13-9-4-2-1-3-8(9)11-5-7-6-15-10(14)12-7/h6,8-9,11,13H,1-5H2,(H,12,14). The molecule has 1 aromatic heterocycles. The topological polar surface area (TPSA) is 65.1 Å². The Morgan fingerprint density at radius 2 is 2.33 bits per heavy atom. The van der Waals surface area contributed by atoms with Gasteiger partial charge < -0.3 is 15.4 Å². The van der Waals surface area contributed by atoms with Gasteiger partial charge in [0.15, 0.2) is 0 Å². The molecule has 1 aliphatic rings. The molecule has 0 amide bonds. The third-order valence-electron chi connectivity index (χ3n) is 2.86. The van der Waals surface area contributed by atoms with Crippen molar-refractivity contribution in [1.29, 1.82) is 0 Å². The van der Waals surface area contributed by atoms with Crippen molar-refractivity contribution in [1.82, 2.24) is 10.3 Å². The van der Waals surface area contributed by atoms with E-state index in [0.29, 0.717) is 6.54 Å².